The second-order valence-corrected chi connectivity index (χ2v) is 10.8. The van der Waals surface area contributed by atoms with Crippen molar-refractivity contribution < 1.29 is 41.7 Å². The van der Waals surface area contributed by atoms with Crippen LogP contribution in [-0.2, 0) is 43.2 Å². The maximum atomic E-state index is 12.8. The number of carbonyl (C=O) groups is 3. The number of halogens is 1. The standard InChI is InChI=1S/C24H25ClN2O11S/c1-12-5-7-16(8-6-12)39(33,34)11-18(25)17-9-27(24(32)26-22(17)31)23-21(37-15(4)30)20(36-14(3)29)19(38-23)10-35-13(2)28/h5-9,11,19-21,23H,10H2,1-4H3,(H,26,31,32)/b18-11+/t19-,20-,21-,23-/m1/s1. The third-order valence-electron chi connectivity index (χ3n) is 5.45. The molecule has 1 aromatic carbocycles. The SMILES string of the molecule is CC(=O)OC[C@H]1O[C@@H](n2cc(/C(Cl)=C\S(=O)(=O)c3ccc(C)cc3)c(=O)[nH]c2=O)[C@H](OC(C)=O)[C@@H]1OC(C)=O. The van der Waals surface area contributed by atoms with Crippen LogP contribution in [0.5, 0.6) is 0 Å². The van der Waals surface area contributed by atoms with Gasteiger partial charge in [0.2, 0.25) is 9.84 Å². The molecule has 2 aromatic rings. The van der Waals surface area contributed by atoms with E-state index in [1.165, 1.54) is 12.1 Å². The topological polar surface area (TPSA) is 177 Å². The monoisotopic (exact) mass is 584 g/mol. The van der Waals surface area contributed by atoms with Crippen LogP contribution in [0.25, 0.3) is 5.03 Å². The first-order valence-electron chi connectivity index (χ1n) is 11.4. The van der Waals surface area contributed by atoms with Crippen LogP contribution in [0.2, 0.25) is 0 Å². The van der Waals surface area contributed by atoms with Gasteiger partial charge in [-0.25, -0.2) is 13.2 Å². The summed E-state index contributed by atoms with van der Waals surface area (Å²) in [6.07, 6.45) is -4.50. The van der Waals surface area contributed by atoms with Crippen LogP contribution in [0.1, 0.15) is 38.1 Å². The molecule has 3 rings (SSSR count). The van der Waals surface area contributed by atoms with E-state index in [2.05, 4.69) is 0 Å². The van der Waals surface area contributed by atoms with E-state index in [1.807, 2.05) is 4.98 Å². The summed E-state index contributed by atoms with van der Waals surface area (Å²) in [5.74, 6) is -2.28. The van der Waals surface area contributed by atoms with Gasteiger partial charge in [-0.3, -0.25) is 28.7 Å². The first-order chi connectivity index (χ1) is 18.2. The number of benzene rings is 1. The van der Waals surface area contributed by atoms with Crippen molar-refractivity contribution in [1.29, 1.82) is 0 Å². The fraction of sp³-hybridized carbons (Fsp3) is 0.375. The van der Waals surface area contributed by atoms with Crippen molar-refractivity contribution in [3.05, 3.63) is 67.8 Å². The Morgan fingerprint density at radius 3 is 2.18 bits per heavy atom. The average molecular weight is 585 g/mol. The zero-order valence-corrected chi connectivity index (χ0v) is 22.8. The summed E-state index contributed by atoms with van der Waals surface area (Å²) in [5, 5.41) is 0.128. The summed E-state index contributed by atoms with van der Waals surface area (Å²) in [7, 11) is -4.10. The number of esters is 3. The summed E-state index contributed by atoms with van der Waals surface area (Å²) in [5.41, 5.74) is -1.65. The molecule has 0 amide bonds. The van der Waals surface area contributed by atoms with Gasteiger partial charge < -0.3 is 18.9 Å². The van der Waals surface area contributed by atoms with Crippen molar-refractivity contribution >= 4 is 44.4 Å². The number of hydrogen-bond donors (Lipinski definition) is 1. The molecule has 1 aromatic heterocycles. The molecule has 0 unspecified atom stereocenters. The van der Waals surface area contributed by atoms with Crippen molar-refractivity contribution in [3.63, 3.8) is 0 Å². The summed E-state index contributed by atoms with van der Waals surface area (Å²) in [4.78, 5) is 62.3. The molecule has 1 N–H and O–H groups in total. The molecule has 4 atom stereocenters. The molecule has 0 saturated carbocycles. The number of rotatable bonds is 8. The quantitative estimate of drug-likeness (QED) is 0.348. The fourth-order valence-electron chi connectivity index (χ4n) is 3.76. The highest BCUT2D eigenvalue weighted by molar-refractivity contribution is 7.94. The summed E-state index contributed by atoms with van der Waals surface area (Å²) >= 11 is 6.23. The number of hydrogen-bond acceptors (Lipinski definition) is 11. The van der Waals surface area contributed by atoms with Gasteiger partial charge in [0.1, 0.15) is 12.7 Å². The number of ether oxygens (including phenoxy) is 4. The van der Waals surface area contributed by atoms with E-state index in [-0.39, 0.29) is 4.90 Å². The Morgan fingerprint density at radius 2 is 1.62 bits per heavy atom. The molecule has 1 fully saturated rings. The van der Waals surface area contributed by atoms with Crippen molar-refractivity contribution in [2.75, 3.05) is 6.61 Å². The van der Waals surface area contributed by atoms with E-state index >= 15 is 0 Å². The van der Waals surface area contributed by atoms with Crippen LogP contribution < -0.4 is 11.2 Å². The van der Waals surface area contributed by atoms with Crippen molar-refractivity contribution in [3.8, 4) is 0 Å². The zero-order valence-electron chi connectivity index (χ0n) is 21.2. The van der Waals surface area contributed by atoms with Crippen LogP contribution >= 0.6 is 11.6 Å². The van der Waals surface area contributed by atoms with Crippen molar-refractivity contribution in [2.45, 2.75) is 57.1 Å². The van der Waals surface area contributed by atoms with E-state index in [9.17, 15) is 32.4 Å². The first kappa shape index (κ1) is 29.8. The van der Waals surface area contributed by atoms with Crippen molar-refractivity contribution in [1.82, 2.24) is 9.55 Å². The molecule has 210 valence electrons. The van der Waals surface area contributed by atoms with Crippen LogP contribution in [-0.4, -0.2) is 60.8 Å². The molecule has 1 saturated heterocycles. The number of aryl methyl sites for hydroxylation is 1. The molecular weight excluding hydrogens is 560 g/mol. The molecule has 39 heavy (non-hydrogen) atoms. The lowest BCUT2D eigenvalue weighted by molar-refractivity contribution is -0.166. The number of carbonyl (C=O) groups excluding carboxylic acids is 3. The van der Waals surface area contributed by atoms with Gasteiger partial charge in [-0.1, -0.05) is 29.3 Å². The van der Waals surface area contributed by atoms with Gasteiger partial charge >= 0.3 is 23.6 Å². The summed E-state index contributed by atoms with van der Waals surface area (Å²) in [6, 6.07) is 5.90. The van der Waals surface area contributed by atoms with Gasteiger partial charge in [0.05, 0.1) is 20.9 Å². The van der Waals surface area contributed by atoms with Gasteiger partial charge in [-0.15, -0.1) is 0 Å². The fourth-order valence-corrected chi connectivity index (χ4v) is 5.29. The second kappa shape index (κ2) is 12.0. The lowest BCUT2D eigenvalue weighted by atomic mass is 10.1. The molecule has 15 heteroatoms. The highest BCUT2D eigenvalue weighted by Gasteiger charge is 2.51. The minimum Gasteiger partial charge on any atom is -0.463 e. The van der Waals surface area contributed by atoms with Gasteiger partial charge in [0, 0.05) is 27.0 Å². The van der Waals surface area contributed by atoms with E-state index < -0.39 is 80.7 Å². The van der Waals surface area contributed by atoms with Gasteiger partial charge in [0.15, 0.2) is 18.4 Å². The van der Waals surface area contributed by atoms with E-state index in [1.54, 1.807) is 19.1 Å². The van der Waals surface area contributed by atoms with Crippen LogP contribution in [0, 0.1) is 6.92 Å². The highest BCUT2D eigenvalue weighted by atomic mass is 35.5. The van der Waals surface area contributed by atoms with Gasteiger partial charge in [-0.2, -0.15) is 0 Å². The number of nitrogens with one attached hydrogen (secondary N) is 1. The minimum atomic E-state index is -4.10. The van der Waals surface area contributed by atoms with E-state index in [0.717, 1.165) is 37.1 Å². The average Bonchev–Trinajstić information content (AvgIpc) is 3.13. The number of aromatic amines is 1. The predicted octanol–water partition coefficient (Wildman–Crippen LogP) is 1.18. The molecule has 2 heterocycles. The minimum absolute atomic E-state index is 0.0809. The number of H-pyrrole nitrogens is 1. The predicted molar refractivity (Wildman–Crippen MR) is 135 cm³/mol. The zero-order chi connectivity index (χ0) is 29.1. The Balaban J connectivity index is 2.09. The number of sulfone groups is 1. The third-order valence-corrected chi connectivity index (χ3v) is 7.37. The molecule has 0 spiro atoms. The molecule has 0 radical (unpaired) electrons. The molecule has 13 nitrogen and oxygen atoms in total. The van der Waals surface area contributed by atoms with Gasteiger partial charge in [0.25, 0.3) is 5.56 Å². The first-order valence-corrected chi connectivity index (χ1v) is 13.3. The lowest BCUT2D eigenvalue weighted by Crippen LogP contribution is -2.42. The molecule has 1 aliphatic heterocycles. The molecule has 0 bridgehead atoms. The third kappa shape index (κ3) is 7.22. The van der Waals surface area contributed by atoms with Crippen LogP contribution in [0.15, 0.2) is 50.4 Å². The summed E-state index contributed by atoms with van der Waals surface area (Å²) in [6.45, 7) is 4.64. The maximum absolute atomic E-state index is 12.8. The Morgan fingerprint density at radius 1 is 1.03 bits per heavy atom. The normalized spacial score (nSPS) is 21.3. The van der Waals surface area contributed by atoms with Crippen LogP contribution in [0.3, 0.4) is 0 Å². The Kier molecular flexibility index (Phi) is 9.14. The summed E-state index contributed by atoms with van der Waals surface area (Å²) < 4.78 is 47.7. The van der Waals surface area contributed by atoms with Gasteiger partial charge in [-0.05, 0) is 19.1 Å². The molecule has 1 aliphatic rings. The Hall–Kier alpha value is -3.75. The number of aromatic nitrogens is 2. The second-order valence-electron chi connectivity index (χ2n) is 8.55. The largest absolute Gasteiger partial charge is 0.463 e. The van der Waals surface area contributed by atoms with Crippen molar-refractivity contribution in [2.24, 2.45) is 0 Å². The van der Waals surface area contributed by atoms with E-state index in [0.29, 0.717) is 5.41 Å². The molecular formula is C24H25ClN2O11S. The number of nitrogens with zero attached hydrogens (tertiary/aromatic N) is 1. The smallest absolute Gasteiger partial charge is 0.330 e. The highest BCUT2D eigenvalue weighted by Crippen LogP contribution is 2.34. The van der Waals surface area contributed by atoms with E-state index in [4.69, 9.17) is 30.5 Å². The maximum Gasteiger partial charge on any atom is 0.330 e. The molecule has 0 aliphatic carbocycles. The Bertz CT molecular complexity index is 1530. The lowest BCUT2D eigenvalue weighted by Gasteiger charge is -2.24. The Labute approximate surface area is 227 Å². The van der Waals surface area contributed by atoms with Crippen LogP contribution in [0.4, 0.5) is 0 Å².